The summed E-state index contributed by atoms with van der Waals surface area (Å²) in [6, 6.07) is 11.4. The summed E-state index contributed by atoms with van der Waals surface area (Å²) in [6.45, 7) is 5.92. The molecule has 4 heteroatoms. The van der Waals surface area contributed by atoms with Crippen LogP contribution in [0.3, 0.4) is 0 Å². The number of fused-ring (bicyclic) bond motifs is 1. The van der Waals surface area contributed by atoms with E-state index in [-0.39, 0.29) is 6.04 Å². The smallest absolute Gasteiger partial charge is 0.207 e. The van der Waals surface area contributed by atoms with Gasteiger partial charge >= 0.3 is 0 Å². The van der Waals surface area contributed by atoms with Crippen LogP contribution in [0.2, 0.25) is 0 Å². The van der Waals surface area contributed by atoms with E-state index in [4.69, 9.17) is 0 Å². The average Bonchev–Trinajstić information content (AvgIpc) is 2.96. The molecule has 0 amide bonds. The molecule has 0 heterocycles. The summed E-state index contributed by atoms with van der Waals surface area (Å²) >= 11 is 0. The molecule has 3 nitrogen and oxygen atoms in total. The Morgan fingerprint density at radius 3 is 2.52 bits per heavy atom. The Kier molecular flexibility index (Phi) is 4.30. The Balaban J connectivity index is 1.87. The highest BCUT2D eigenvalue weighted by molar-refractivity contribution is 7.89. The molecule has 2 aromatic rings. The van der Waals surface area contributed by atoms with Crippen molar-refractivity contribution >= 4 is 10.0 Å². The van der Waals surface area contributed by atoms with Crippen molar-refractivity contribution in [2.24, 2.45) is 0 Å². The summed E-state index contributed by atoms with van der Waals surface area (Å²) in [7, 11) is -3.51. The molecule has 23 heavy (non-hydrogen) atoms. The molecule has 0 saturated carbocycles. The van der Waals surface area contributed by atoms with Gasteiger partial charge in [-0.05, 0) is 74.4 Å². The number of benzene rings is 2. The first-order valence-corrected chi connectivity index (χ1v) is 9.56. The summed E-state index contributed by atoms with van der Waals surface area (Å²) in [4.78, 5) is 0.371. The summed E-state index contributed by atoms with van der Waals surface area (Å²) in [5.74, 6) is 0. The maximum absolute atomic E-state index is 12.7. The molecule has 1 aliphatic rings. The predicted octanol–water partition coefficient (Wildman–Crippen LogP) is 3.83. The van der Waals surface area contributed by atoms with E-state index < -0.39 is 10.0 Å². The van der Waals surface area contributed by atoms with Crippen molar-refractivity contribution in [3.8, 4) is 0 Å². The fourth-order valence-corrected chi connectivity index (χ4v) is 4.58. The van der Waals surface area contributed by atoms with Crippen LogP contribution >= 0.6 is 0 Å². The molecule has 0 saturated heterocycles. The molecular weight excluding hydrogens is 306 g/mol. The van der Waals surface area contributed by atoms with Crippen LogP contribution in [0.4, 0.5) is 0 Å². The van der Waals surface area contributed by atoms with Crippen LogP contribution in [-0.2, 0) is 22.9 Å². The van der Waals surface area contributed by atoms with E-state index in [9.17, 15) is 8.42 Å². The fraction of sp³-hybridized carbons (Fsp3) is 0.368. The number of rotatable bonds is 4. The zero-order chi connectivity index (χ0) is 16.6. The van der Waals surface area contributed by atoms with Gasteiger partial charge in [0.15, 0.2) is 0 Å². The lowest BCUT2D eigenvalue weighted by Crippen LogP contribution is -2.27. The molecule has 1 N–H and O–H groups in total. The summed E-state index contributed by atoms with van der Waals surface area (Å²) in [5, 5.41) is 0. The number of aryl methyl sites for hydroxylation is 4. The monoisotopic (exact) mass is 329 g/mol. The summed E-state index contributed by atoms with van der Waals surface area (Å²) in [5.41, 5.74) is 5.71. The molecule has 1 unspecified atom stereocenters. The lowest BCUT2D eigenvalue weighted by Gasteiger charge is -2.18. The van der Waals surface area contributed by atoms with Gasteiger partial charge in [0.2, 0.25) is 10.0 Å². The SMILES string of the molecule is Cc1ccc(C)c(C(C)NS(=O)(=O)c2ccc3c(c2)CCC3)c1. The second kappa shape index (κ2) is 6.10. The van der Waals surface area contributed by atoms with Crippen LogP contribution in [0, 0.1) is 13.8 Å². The van der Waals surface area contributed by atoms with E-state index in [1.807, 2.05) is 51.1 Å². The Labute approximate surface area is 138 Å². The number of hydrogen-bond acceptors (Lipinski definition) is 2. The second-order valence-electron chi connectivity index (χ2n) is 6.49. The largest absolute Gasteiger partial charge is 0.241 e. The van der Waals surface area contributed by atoms with Crippen LogP contribution in [0.25, 0.3) is 0 Å². The first kappa shape index (κ1) is 16.2. The molecule has 3 rings (SSSR count). The highest BCUT2D eigenvalue weighted by Gasteiger charge is 2.21. The first-order chi connectivity index (χ1) is 10.9. The van der Waals surface area contributed by atoms with Crippen LogP contribution in [0.5, 0.6) is 0 Å². The third-order valence-corrected chi connectivity index (χ3v) is 6.15. The van der Waals surface area contributed by atoms with Gasteiger partial charge in [0.1, 0.15) is 0 Å². The Morgan fingerprint density at radius 2 is 1.74 bits per heavy atom. The normalized spacial score (nSPS) is 15.4. The minimum Gasteiger partial charge on any atom is -0.207 e. The predicted molar refractivity (Wildman–Crippen MR) is 93.1 cm³/mol. The van der Waals surface area contributed by atoms with Crippen LogP contribution in [-0.4, -0.2) is 8.42 Å². The third kappa shape index (κ3) is 3.33. The fourth-order valence-electron chi connectivity index (χ4n) is 3.31. The van der Waals surface area contributed by atoms with E-state index in [0.29, 0.717) is 4.90 Å². The van der Waals surface area contributed by atoms with E-state index in [1.165, 1.54) is 11.1 Å². The van der Waals surface area contributed by atoms with E-state index in [2.05, 4.69) is 4.72 Å². The molecule has 0 aromatic heterocycles. The minimum atomic E-state index is -3.51. The molecule has 0 fully saturated rings. The highest BCUT2D eigenvalue weighted by atomic mass is 32.2. The van der Waals surface area contributed by atoms with Crippen molar-refractivity contribution in [3.05, 3.63) is 64.2 Å². The van der Waals surface area contributed by atoms with Crippen LogP contribution < -0.4 is 4.72 Å². The van der Waals surface area contributed by atoms with Crippen molar-refractivity contribution in [1.82, 2.24) is 4.72 Å². The maximum Gasteiger partial charge on any atom is 0.241 e. The highest BCUT2D eigenvalue weighted by Crippen LogP contribution is 2.26. The van der Waals surface area contributed by atoms with E-state index in [1.54, 1.807) is 6.07 Å². The maximum atomic E-state index is 12.7. The zero-order valence-corrected chi connectivity index (χ0v) is 14.7. The first-order valence-electron chi connectivity index (χ1n) is 8.08. The lowest BCUT2D eigenvalue weighted by atomic mass is 10.0. The quantitative estimate of drug-likeness (QED) is 0.926. The van der Waals surface area contributed by atoms with Gasteiger partial charge in [-0.3, -0.25) is 0 Å². The molecular formula is C19H23NO2S. The van der Waals surface area contributed by atoms with Gasteiger partial charge in [-0.1, -0.05) is 29.8 Å². The van der Waals surface area contributed by atoms with Crippen molar-refractivity contribution in [2.75, 3.05) is 0 Å². The molecule has 2 aromatic carbocycles. The van der Waals surface area contributed by atoms with Gasteiger partial charge in [0.25, 0.3) is 0 Å². The molecule has 0 aliphatic heterocycles. The van der Waals surface area contributed by atoms with Gasteiger partial charge < -0.3 is 0 Å². The Bertz CT molecular complexity index is 840. The van der Waals surface area contributed by atoms with Gasteiger partial charge in [-0.2, -0.15) is 0 Å². The minimum absolute atomic E-state index is 0.256. The second-order valence-corrected chi connectivity index (χ2v) is 8.20. The van der Waals surface area contributed by atoms with Crippen molar-refractivity contribution in [1.29, 1.82) is 0 Å². The van der Waals surface area contributed by atoms with Crippen molar-refractivity contribution in [2.45, 2.75) is 51.0 Å². The third-order valence-electron chi connectivity index (χ3n) is 4.61. The van der Waals surface area contributed by atoms with Crippen LogP contribution in [0.1, 0.15) is 47.2 Å². The van der Waals surface area contributed by atoms with Gasteiger partial charge in [0, 0.05) is 6.04 Å². The average molecular weight is 329 g/mol. The van der Waals surface area contributed by atoms with Gasteiger partial charge in [-0.25, -0.2) is 13.1 Å². The standard InChI is InChI=1S/C19H23NO2S/c1-13-7-8-14(2)19(11-13)15(3)20-23(21,22)18-10-9-16-5-4-6-17(16)12-18/h7-12,15,20H,4-6H2,1-3H3. The topological polar surface area (TPSA) is 46.2 Å². The Hall–Kier alpha value is -1.65. The van der Waals surface area contributed by atoms with Crippen molar-refractivity contribution in [3.63, 3.8) is 0 Å². The molecule has 1 aliphatic carbocycles. The summed E-state index contributed by atoms with van der Waals surface area (Å²) < 4.78 is 28.2. The number of nitrogens with one attached hydrogen (secondary N) is 1. The molecule has 1 atom stereocenters. The van der Waals surface area contributed by atoms with E-state index >= 15 is 0 Å². The van der Waals surface area contributed by atoms with Gasteiger partial charge in [0.05, 0.1) is 4.90 Å². The van der Waals surface area contributed by atoms with Crippen LogP contribution in [0.15, 0.2) is 41.3 Å². The number of hydrogen-bond donors (Lipinski definition) is 1. The molecule has 0 radical (unpaired) electrons. The molecule has 122 valence electrons. The van der Waals surface area contributed by atoms with E-state index in [0.717, 1.165) is 36.0 Å². The summed E-state index contributed by atoms with van der Waals surface area (Å²) in [6.07, 6.45) is 3.15. The Morgan fingerprint density at radius 1 is 1.00 bits per heavy atom. The van der Waals surface area contributed by atoms with Gasteiger partial charge in [-0.15, -0.1) is 0 Å². The molecule has 0 spiro atoms. The molecule has 0 bridgehead atoms. The van der Waals surface area contributed by atoms with Crippen molar-refractivity contribution < 1.29 is 8.42 Å². The number of sulfonamides is 1. The zero-order valence-electron chi connectivity index (χ0n) is 13.9. The lowest BCUT2D eigenvalue weighted by molar-refractivity contribution is 0.566.